The summed E-state index contributed by atoms with van der Waals surface area (Å²) >= 11 is 1.02. The lowest BCUT2D eigenvalue weighted by molar-refractivity contribution is -0.142. The summed E-state index contributed by atoms with van der Waals surface area (Å²) in [6.45, 7) is 0.747. The molecule has 2 aromatic heterocycles. The van der Waals surface area contributed by atoms with Crippen LogP contribution in [0.2, 0.25) is 0 Å². The number of sulfonamides is 1. The van der Waals surface area contributed by atoms with Gasteiger partial charge in [-0.3, -0.25) is 9.59 Å². The Morgan fingerprint density at radius 1 is 1.28 bits per heavy atom. The highest BCUT2D eigenvalue weighted by atomic mass is 32.2. The molecule has 0 bridgehead atoms. The summed E-state index contributed by atoms with van der Waals surface area (Å²) in [5, 5.41) is 1.60. The number of nitrogens with one attached hydrogen (secondary N) is 1. The normalized spacial score (nSPS) is 12.2. The second-order valence-corrected chi connectivity index (χ2v) is 9.09. The van der Waals surface area contributed by atoms with Crippen molar-refractivity contribution in [2.75, 3.05) is 13.2 Å². The van der Waals surface area contributed by atoms with Gasteiger partial charge in [-0.1, -0.05) is 6.07 Å². The number of carbonyl (C=O) groups is 2. The number of ether oxygens (including phenoxy) is 1. The lowest BCUT2D eigenvalue weighted by Crippen LogP contribution is -2.26. The average molecular weight is 452 g/mol. The van der Waals surface area contributed by atoms with Gasteiger partial charge in [-0.05, 0) is 31.4 Å². The number of hydrogen-bond acceptors (Lipinski definition) is 6. The van der Waals surface area contributed by atoms with E-state index < -0.39 is 41.1 Å². The Kier molecular flexibility index (Phi) is 7.25. The second kappa shape index (κ2) is 9.09. The van der Waals surface area contributed by atoms with E-state index in [1.165, 1.54) is 26.0 Å². The third-order valence-corrected chi connectivity index (χ3v) is 6.82. The molecule has 0 atom stereocenters. The highest BCUT2D eigenvalue weighted by Crippen LogP contribution is 2.23. The summed E-state index contributed by atoms with van der Waals surface area (Å²) in [6, 6.07) is 4.30. The number of carbonyl (C=O) groups excluding carboxylic acids is 2. The van der Waals surface area contributed by atoms with E-state index in [1.54, 1.807) is 11.4 Å². The van der Waals surface area contributed by atoms with Gasteiger partial charge in [-0.25, -0.2) is 13.1 Å². The van der Waals surface area contributed by atoms with E-state index in [4.69, 9.17) is 4.74 Å². The molecule has 1 N–H and O–H groups in total. The number of thiophene rings is 1. The minimum atomic E-state index is -4.43. The van der Waals surface area contributed by atoms with E-state index in [-0.39, 0.29) is 34.1 Å². The number of rotatable bonds is 9. The average Bonchev–Trinajstić information content (AvgIpc) is 3.23. The molecule has 0 aliphatic carbocycles. The van der Waals surface area contributed by atoms with Crippen LogP contribution < -0.4 is 4.72 Å². The standard InChI is InChI=1S/C17H19F3N2O5S2/c1-11-8-13(12(2)22(11)10-17(18,19)20)14(23)9-27-15(24)5-6-21-29(25,26)16-4-3-7-28-16/h3-4,7-8,21H,5-6,9-10H2,1-2H3. The van der Waals surface area contributed by atoms with Crippen LogP contribution in [-0.2, 0) is 26.1 Å². The molecular formula is C17H19F3N2O5S2. The highest BCUT2D eigenvalue weighted by Gasteiger charge is 2.30. The first-order valence-corrected chi connectivity index (χ1v) is 10.7. The zero-order chi connectivity index (χ0) is 21.8. The van der Waals surface area contributed by atoms with Gasteiger partial charge in [0.05, 0.1) is 6.42 Å². The predicted octanol–water partition coefficient (Wildman–Crippen LogP) is 2.82. The second-order valence-electron chi connectivity index (χ2n) is 6.15. The van der Waals surface area contributed by atoms with Crippen molar-refractivity contribution in [3.63, 3.8) is 0 Å². The zero-order valence-electron chi connectivity index (χ0n) is 15.6. The van der Waals surface area contributed by atoms with Gasteiger partial charge in [0.15, 0.2) is 6.61 Å². The third-order valence-electron chi connectivity index (χ3n) is 3.96. The summed E-state index contributed by atoms with van der Waals surface area (Å²) in [7, 11) is -3.71. The Labute approximate surface area is 169 Å². The topological polar surface area (TPSA) is 94.5 Å². The van der Waals surface area contributed by atoms with Crippen LogP contribution >= 0.6 is 11.3 Å². The minimum Gasteiger partial charge on any atom is -0.457 e. The van der Waals surface area contributed by atoms with Gasteiger partial charge < -0.3 is 9.30 Å². The van der Waals surface area contributed by atoms with Crippen molar-refractivity contribution in [2.24, 2.45) is 0 Å². The number of Topliss-reactive ketones (excluding diaryl/α,β-unsaturated/α-hetero) is 1. The minimum absolute atomic E-state index is 0.0398. The number of nitrogens with zero attached hydrogens (tertiary/aromatic N) is 1. The van der Waals surface area contributed by atoms with Crippen LogP contribution in [0.25, 0.3) is 0 Å². The van der Waals surface area contributed by atoms with E-state index >= 15 is 0 Å². The van der Waals surface area contributed by atoms with Gasteiger partial charge in [0.25, 0.3) is 0 Å². The SMILES string of the molecule is Cc1cc(C(=O)COC(=O)CCNS(=O)(=O)c2cccs2)c(C)n1CC(F)(F)F. The number of hydrogen-bond donors (Lipinski definition) is 1. The largest absolute Gasteiger partial charge is 0.457 e. The summed E-state index contributed by atoms with van der Waals surface area (Å²) in [4.78, 5) is 23.9. The van der Waals surface area contributed by atoms with E-state index in [1.807, 2.05) is 0 Å². The molecule has 0 saturated heterocycles. The van der Waals surface area contributed by atoms with Crippen LogP contribution in [0.4, 0.5) is 13.2 Å². The molecule has 160 valence electrons. The van der Waals surface area contributed by atoms with E-state index in [2.05, 4.69) is 4.72 Å². The van der Waals surface area contributed by atoms with Gasteiger partial charge in [0.2, 0.25) is 15.8 Å². The number of halogens is 3. The van der Waals surface area contributed by atoms with Crippen LogP contribution in [0.3, 0.4) is 0 Å². The molecule has 0 fully saturated rings. The number of aryl methyl sites for hydroxylation is 1. The molecule has 2 aromatic rings. The van der Waals surface area contributed by atoms with Gasteiger partial charge >= 0.3 is 12.1 Å². The van der Waals surface area contributed by atoms with E-state index in [0.29, 0.717) is 0 Å². The van der Waals surface area contributed by atoms with Crippen molar-refractivity contribution in [2.45, 2.75) is 37.2 Å². The molecule has 7 nitrogen and oxygen atoms in total. The van der Waals surface area contributed by atoms with Crippen molar-refractivity contribution in [3.05, 3.63) is 40.5 Å². The van der Waals surface area contributed by atoms with Crippen LogP contribution in [-0.4, -0.2) is 44.1 Å². The number of alkyl halides is 3. The van der Waals surface area contributed by atoms with Crippen LogP contribution in [0.1, 0.15) is 28.2 Å². The number of esters is 1. The monoisotopic (exact) mass is 452 g/mol. The van der Waals surface area contributed by atoms with E-state index in [9.17, 15) is 31.2 Å². The molecular weight excluding hydrogens is 433 g/mol. The van der Waals surface area contributed by atoms with Gasteiger partial charge in [0.1, 0.15) is 10.8 Å². The molecule has 0 aromatic carbocycles. The Morgan fingerprint density at radius 3 is 2.55 bits per heavy atom. The molecule has 0 aliphatic heterocycles. The highest BCUT2D eigenvalue weighted by molar-refractivity contribution is 7.91. The van der Waals surface area contributed by atoms with Gasteiger partial charge in [0, 0.05) is 23.5 Å². The van der Waals surface area contributed by atoms with Crippen molar-refractivity contribution < 1.29 is 35.9 Å². The summed E-state index contributed by atoms with van der Waals surface area (Å²) in [5.74, 6) is -1.45. The van der Waals surface area contributed by atoms with Crippen molar-refractivity contribution in [1.29, 1.82) is 0 Å². The number of ketones is 1. The lowest BCUT2D eigenvalue weighted by Gasteiger charge is -2.12. The molecule has 0 radical (unpaired) electrons. The quantitative estimate of drug-likeness (QED) is 0.466. The summed E-state index contributed by atoms with van der Waals surface area (Å²) in [6.07, 6.45) is -4.73. The van der Waals surface area contributed by atoms with Crippen molar-refractivity contribution >= 4 is 33.1 Å². The Bertz CT molecular complexity index is 980. The Balaban J connectivity index is 1.86. The fourth-order valence-corrected chi connectivity index (χ4v) is 4.65. The maximum atomic E-state index is 12.6. The molecule has 12 heteroatoms. The zero-order valence-corrected chi connectivity index (χ0v) is 17.2. The van der Waals surface area contributed by atoms with Crippen molar-refractivity contribution in [3.8, 4) is 0 Å². The Morgan fingerprint density at radius 2 is 1.97 bits per heavy atom. The Hall–Kier alpha value is -2.18. The van der Waals surface area contributed by atoms with Crippen LogP contribution in [0.5, 0.6) is 0 Å². The van der Waals surface area contributed by atoms with Gasteiger partial charge in [-0.2, -0.15) is 13.2 Å². The first kappa shape index (κ1) is 23.1. The summed E-state index contributed by atoms with van der Waals surface area (Å²) in [5.41, 5.74) is 0.431. The predicted molar refractivity (Wildman–Crippen MR) is 99.4 cm³/mol. The maximum Gasteiger partial charge on any atom is 0.406 e. The molecule has 0 unspecified atom stereocenters. The van der Waals surface area contributed by atoms with Crippen molar-refractivity contribution in [1.82, 2.24) is 9.29 Å². The molecule has 0 amide bonds. The molecule has 0 spiro atoms. The smallest absolute Gasteiger partial charge is 0.406 e. The van der Waals surface area contributed by atoms with Crippen LogP contribution in [0.15, 0.2) is 27.8 Å². The fourth-order valence-electron chi connectivity index (χ4n) is 2.58. The molecule has 0 saturated carbocycles. The van der Waals surface area contributed by atoms with Crippen LogP contribution in [0, 0.1) is 13.8 Å². The summed E-state index contributed by atoms with van der Waals surface area (Å²) < 4.78 is 69.8. The number of aromatic nitrogens is 1. The molecule has 2 heterocycles. The maximum absolute atomic E-state index is 12.6. The first-order chi connectivity index (χ1) is 13.4. The fraction of sp³-hybridized carbons (Fsp3) is 0.412. The first-order valence-electron chi connectivity index (χ1n) is 8.36. The van der Waals surface area contributed by atoms with E-state index in [0.717, 1.165) is 15.9 Å². The molecule has 29 heavy (non-hydrogen) atoms. The third kappa shape index (κ3) is 6.41. The molecule has 2 rings (SSSR count). The van der Waals surface area contributed by atoms with Gasteiger partial charge in [-0.15, -0.1) is 11.3 Å². The lowest BCUT2D eigenvalue weighted by atomic mass is 10.1. The molecule has 0 aliphatic rings.